The number of nitrogens with zero attached hydrogens (tertiary/aromatic N) is 2. The van der Waals surface area contributed by atoms with Crippen LogP contribution in [0.1, 0.15) is 49.2 Å². The standard InChI is InChI=1S/C26H28N2O7/c1-14(29)20(25(31)35-26(2,3)4)21-16-10-8-9-11-17(16)23(27-21)28-24(30)15-12-18(32-5)22(34-7)19(13-15)33-6/h8-13,29H,1-7H3/b20-14+,28-23?. The number of amides is 1. The number of hydrogen-bond donors (Lipinski definition) is 1. The largest absolute Gasteiger partial charge is 0.512 e. The van der Waals surface area contributed by atoms with E-state index in [-0.39, 0.29) is 28.4 Å². The van der Waals surface area contributed by atoms with Crippen LogP contribution in [-0.4, -0.2) is 55.5 Å². The number of benzene rings is 2. The van der Waals surface area contributed by atoms with Gasteiger partial charge in [-0.1, -0.05) is 24.3 Å². The first kappa shape index (κ1) is 25.5. The number of allylic oxidation sites excluding steroid dienone is 1. The molecule has 3 rings (SSSR count). The number of carbonyl (C=O) groups excluding carboxylic acids is 2. The summed E-state index contributed by atoms with van der Waals surface area (Å²) in [6.07, 6.45) is 0. The van der Waals surface area contributed by atoms with Crippen molar-refractivity contribution in [3.63, 3.8) is 0 Å². The van der Waals surface area contributed by atoms with Gasteiger partial charge in [-0.15, -0.1) is 0 Å². The van der Waals surface area contributed by atoms with Crippen molar-refractivity contribution in [2.75, 3.05) is 21.3 Å². The first-order chi connectivity index (χ1) is 16.5. The van der Waals surface area contributed by atoms with Crippen LogP contribution >= 0.6 is 0 Å². The topological polar surface area (TPSA) is 116 Å². The third-order valence-corrected chi connectivity index (χ3v) is 4.96. The zero-order valence-electron chi connectivity index (χ0n) is 20.8. The first-order valence-electron chi connectivity index (χ1n) is 10.8. The van der Waals surface area contributed by atoms with Crippen molar-refractivity contribution in [3.8, 4) is 17.2 Å². The summed E-state index contributed by atoms with van der Waals surface area (Å²) in [6.45, 7) is 6.55. The lowest BCUT2D eigenvalue weighted by atomic mass is 9.99. The molecule has 1 aliphatic heterocycles. The van der Waals surface area contributed by atoms with Gasteiger partial charge in [-0.2, -0.15) is 4.99 Å². The minimum absolute atomic E-state index is 0.0941. The quantitative estimate of drug-likeness (QED) is 0.373. The molecule has 0 radical (unpaired) electrons. The molecule has 2 aromatic rings. The lowest BCUT2D eigenvalue weighted by molar-refractivity contribution is -0.149. The number of aliphatic imine (C=N–C) groups is 2. The van der Waals surface area contributed by atoms with E-state index in [1.165, 1.54) is 40.4 Å². The summed E-state index contributed by atoms with van der Waals surface area (Å²) in [5.74, 6) is -0.557. The van der Waals surface area contributed by atoms with Gasteiger partial charge in [-0.3, -0.25) is 4.79 Å². The van der Waals surface area contributed by atoms with Crippen LogP contribution in [0, 0.1) is 0 Å². The van der Waals surface area contributed by atoms with Crippen molar-refractivity contribution in [1.82, 2.24) is 0 Å². The van der Waals surface area contributed by atoms with Crippen LogP contribution in [0.2, 0.25) is 0 Å². The van der Waals surface area contributed by atoms with Gasteiger partial charge in [0.1, 0.15) is 16.9 Å². The Bertz CT molecular complexity index is 1240. The molecule has 0 spiro atoms. The Kier molecular flexibility index (Phi) is 7.28. The first-order valence-corrected chi connectivity index (χ1v) is 10.8. The number of rotatable bonds is 6. The van der Waals surface area contributed by atoms with Crippen LogP contribution in [-0.2, 0) is 9.53 Å². The van der Waals surface area contributed by atoms with Crippen LogP contribution < -0.4 is 14.2 Å². The molecule has 1 N–H and O–H groups in total. The summed E-state index contributed by atoms with van der Waals surface area (Å²) in [4.78, 5) is 34.7. The highest BCUT2D eigenvalue weighted by molar-refractivity contribution is 6.36. The minimum atomic E-state index is -0.782. The molecule has 35 heavy (non-hydrogen) atoms. The van der Waals surface area contributed by atoms with E-state index in [0.717, 1.165) is 0 Å². The van der Waals surface area contributed by atoms with Gasteiger partial charge in [0.15, 0.2) is 17.3 Å². The highest BCUT2D eigenvalue weighted by Gasteiger charge is 2.32. The Morgan fingerprint density at radius 2 is 1.51 bits per heavy atom. The predicted molar refractivity (Wildman–Crippen MR) is 131 cm³/mol. The molecule has 184 valence electrons. The maximum atomic E-state index is 13.1. The molecule has 0 aliphatic carbocycles. The summed E-state index contributed by atoms with van der Waals surface area (Å²) in [7, 11) is 4.36. The summed E-state index contributed by atoms with van der Waals surface area (Å²) in [5, 5.41) is 10.3. The van der Waals surface area contributed by atoms with E-state index in [9.17, 15) is 14.7 Å². The van der Waals surface area contributed by atoms with Gasteiger partial charge in [0.05, 0.1) is 27.0 Å². The van der Waals surface area contributed by atoms with E-state index in [4.69, 9.17) is 18.9 Å². The Hall–Kier alpha value is -4.14. The number of aliphatic hydroxyl groups excluding tert-OH is 1. The van der Waals surface area contributed by atoms with Crippen molar-refractivity contribution in [2.24, 2.45) is 9.98 Å². The second kappa shape index (κ2) is 10.0. The van der Waals surface area contributed by atoms with E-state index in [1.807, 2.05) is 0 Å². The number of fused-ring (bicyclic) bond motifs is 1. The van der Waals surface area contributed by atoms with E-state index < -0.39 is 17.5 Å². The third kappa shape index (κ3) is 5.34. The van der Waals surface area contributed by atoms with E-state index >= 15 is 0 Å². The number of amidine groups is 1. The van der Waals surface area contributed by atoms with Crippen molar-refractivity contribution in [3.05, 3.63) is 64.4 Å². The van der Waals surface area contributed by atoms with Crippen molar-refractivity contribution >= 4 is 23.4 Å². The molecule has 9 nitrogen and oxygen atoms in total. The zero-order chi connectivity index (χ0) is 25.9. The van der Waals surface area contributed by atoms with Crippen LogP contribution in [0.25, 0.3) is 0 Å². The molecular formula is C26H28N2O7. The molecule has 2 aromatic carbocycles. The van der Waals surface area contributed by atoms with Gasteiger partial charge in [-0.05, 0) is 39.8 Å². The fraction of sp³-hybridized carbons (Fsp3) is 0.308. The molecule has 1 aliphatic rings. The zero-order valence-corrected chi connectivity index (χ0v) is 20.8. The van der Waals surface area contributed by atoms with Crippen LogP contribution in [0.4, 0.5) is 0 Å². The van der Waals surface area contributed by atoms with E-state index in [0.29, 0.717) is 28.4 Å². The van der Waals surface area contributed by atoms with Crippen LogP contribution in [0.15, 0.2) is 57.7 Å². The molecule has 0 atom stereocenters. The van der Waals surface area contributed by atoms with Crippen LogP contribution in [0.5, 0.6) is 17.2 Å². The SMILES string of the molecule is COc1cc(C(=O)N=C2N=C(/C(C(=O)OC(C)(C)C)=C(/C)O)c3ccccc32)cc(OC)c1OC. The summed E-state index contributed by atoms with van der Waals surface area (Å²) in [5.41, 5.74) is 0.554. The number of hydrogen-bond acceptors (Lipinski definition) is 7. The highest BCUT2D eigenvalue weighted by atomic mass is 16.6. The number of aliphatic hydroxyl groups is 1. The van der Waals surface area contributed by atoms with Gasteiger partial charge < -0.3 is 24.1 Å². The summed E-state index contributed by atoms with van der Waals surface area (Å²) < 4.78 is 21.4. The van der Waals surface area contributed by atoms with Crippen molar-refractivity contribution in [1.29, 1.82) is 0 Å². The number of methoxy groups -OCH3 is 3. The smallest absolute Gasteiger partial charge is 0.344 e. The second-order valence-corrected chi connectivity index (χ2v) is 8.62. The molecule has 9 heteroatoms. The number of carbonyl (C=O) groups is 2. The molecule has 0 saturated carbocycles. The average Bonchev–Trinajstić information content (AvgIpc) is 3.14. The maximum absolute atomic E-state index is 13.1. The monoisotopic (exact) mass is 480 g/mol. The number of esters is 1. The Balaban J connectivity index is 2.11. The van der Waals surface area contributed by atoms with E-state index in [2.05, 4.69) is 9.98 Å². The fourth-order valence-corrected chi connectivity index (χ4v) is 3.50. The summed E-state index contributed by atoms with van der Waals surface area (Å²) in [6, 6.07) is 9.96. The van der Waals surface area contributed by atoms with Crippen LogP contribution in [0.3, 0.4) is 0 Å². The van der Waals surface area contributed by atoms with Gasteiger partial charge in [0.2, 0.25) is 5.75 Å². The Morgan fingerprint density at radius 3 is 2.00 bits per heavy atom. The molecule has 1 amide bonds. The van der Waals surface area contributed by atoms with Gasteiger partial charge in [-0.25, -0.2) is 9.79 Å². The summed E-state index contributed by atoms with van der Waals surface area (Å²) >= 11 is 0. The molecular weight excluding hydrogens is 452 g/mol. The lowest BCUT2D eigenvalue weighted by Gasteiger charge is -2.21. The maximum Gasteiger partial charge on any atom is 0.344 e. The molecule has 0 fully saturated rings. The molecule has 0 aromatic heterocycles. The number of ether oxygens (including phenoxy) is 4. The Morgan fingerprint density at radius 1 is 0.943 bits per heavy atom. The van der Waals surface area contributed by atoms with Crippen molar-refractivity contribution < 1.29 is 33.6 Å². The molecule has 1 heterocycles. The highest BCUT2D eigenvalue weighted by Crippen LogP contribution is 2.38. The van der Waals surface area contributed by atoms with Crippen molar-refractivity contribution in [2.45, 2.75) is 33.3 Å². The van der Waals surface area contributed by atoms with Gasteiger partial charge in [0.25, 0.3) is 5.91 Å². The second-order valence-electron chi connectivity index (χ2n) is 8.62. The fourth-order valence-electron chi connectivity index (χ4n) is 3.50. The molecule has 0 saturated heterocycles. The van der Waals surface area contributed by atoms with E-state index in [1.54, 1.807) is 45.0 Å². The third-order valence-electron chi connectivity index (χ3n) is 4.96. The van der Waals surface area contributed by atoms with Gasteiger partial charge in [0, 0.05) is 16.7 Å². The Labute approximate surface area is 203 Å². The predicted octanol–water partition coefficient (Wildman–Crippen LogP) is 4.28. The molecule has 0 unspecified atom stereocenters. The normalized spacial score (nSPS) is 14.6. The lowest BCUT2D eigenvalue weighted by Crippen LogP contribution is -2.28. The molecule has 0 bridgehead atoms. The minimum Gasteiger partial charge on any atom is -0.512 e. The van der Waals surface area contributed by atoms with Gasteiger partial charge >= 0.3 is 5.97 Å². The average molecular weight is 481 g/mol.